The van der Waals surface area contributed by atoms with Crippen molar-refractivity contribution in [2.75, 3.05) is 27.3 Å². The lowest BCUT2D eigenvalue weighted by atomic mass is 10.1. The van der Waals surface area contributed by atoms with Crippen molar-refractivity contribution in [1.82, 2.24) is 20.4 Å². The number of guanidine groups is 1. The summed E-state index contributed by atoms with van der Waals surface area (Å²) in [4.78, 5) is 4.29. The average Bonchev–Trinajstić information content (AvgIpc) is 2.90. The van der Waals surface area contributed by atoms with E-state index in [9.17, 15) is 0 Å². The molecule has 7 nitrogen and oxygen atoms in total. The van der Waals surface area contributed by atoms with Gasteiger partial charge in [0.05, 0.1) is 19.3 Å². The highest BCUT2D eigenvalue weighted by molar-refractivity contribution is 14.0. The molecule has 1 aromatic heterocycles. The Balaban J connectivity index is 0.00000392. The smallest absolute Gasteiger partial charge is 0.191 e. The number of hydrogen-bond donors (Lipinski definition) is 2. The van der Waals surface area contributed by atoms with Gasteiger partial charge >= 0.3 is 0 Å². The van der Waals surface area contributed by atoms with E-state index in [4.69, 9.17) is 9.47 Å². The van der Waals surface area contributed by atoms with Gasteiger partial charge in [-0.15, -0.1) is 24.0 Å². The number of halogens is 1. The Morgan fingerprint density at radius 1 is 1.29 bits per heavy atom. The third kappa shape index (κ3) is 6.88. The lowest BCUT2D eigenvalue weighted by molar-refractivity contribution is 0.318. The first-order valence-corrected chi connectivity index (χ1v) is 9.17. The minimum atomic E-state index is 0. The highest BCUT2D eigenvalue weighted by atomic mass is 127. The van der Waals surface area contributed by atoms with Crippen molar-refractivity contribution in [3.8, 4) is 11.5 Å². The standard InChI is InChI=1S/C20H31N5O2.HI/c1-14(12-19-15(2)24-25(5)16(19)3)23-20(21-4)22-10-11-27-18-9-7-8-17(13-18)26-6;/h7-9,13-14H,10-12H2,1-6H3,(H2,21,22,23);1H. The number of benzene rings is 1. The number of rotatable bonds is 8. The fourth-order valence-electron chi connectivity index (χ4n) is 2.93. The summed E-state index contributed by atoms with van der Waals surface area (Å²) < 4.78 is 12.9. The summed E-state index contributed by atoms with van der Waals surface area (Å²) >= 11 is 0. The second-order valence-electron chi connectivity index (χ2n) is 6.55. The quantitative estimate of drug-likeness (QED) is 0.252. The van der Waals surface area contributed by atoms with E-state index in [1.54, 1.807) is 14.2 Å². The molecule has 156 valence electrons. The van der Waals surface area contributed by atoms with E-state index in [0.29, 0.717) is 13.2 Å². The molecule has 1 aromatic carbocycles. The molecule has 1 unspecified atom stereocenters. The Bertz CT molecular complexity index is 776. The van der Waals surface area contributed by atoms with Crippen LogP contribution in [0.3, 0.4) is 0 Å². The van der Waals surface area contributed by atoms with Crippen LogP contribution in [-0.4, -0.2) is 49.1 Å². The predicted molar refractivity (Wildman–Crippen MR) is 124 cm³/mol. The van der Waals surface area contributed by atoms with E-state index < -0.39 is 0 Å². The molecular formula is C20H32IN5O2. The zero-order chi connectivity index (χ0) is 19.8. The van der Waals surface area contributed by atoms with Crippen molar-refractivity contribution in [2.45, 2.75) is 33.2 Å². The van der Waals surface area contributed by atoms with E-state index in [2.05, 4.69) is 41.5 Å². The van der Waals surface area contributed by atoms with Crippen LogP contribution in [0.2, 0.25) is 0 Å². The number of nitrogens with one attached hydrogen (secondary N) is 2. The Kier molecular flexibility index (Phi) is 10.1. The summed E-state index contributed by atoms with van der Waals surface area (Å²) in [6.45, 7) is 7.48. The molecule has 2 aromatic rings. The second-order valence-corrected chi connectivity index (χ2v) is 6.55. The average molecular weight is 501 g/mol. The summed E-state index contributed by atoms with van der Waals surface area (Å²) in [5, 5.41) is 11.2. The predicted octanol–water partition coefficient (Wildman–Crippen LogP) is 2.84. The van der Waals surface area contributed by atoms with Gasteiger partial charge in [0.2, 0.25) is 0 Å². The van der Waals surface area contributed by atoms with Crippen molar-refractivity contribution in [3.05, 3.63) is 41.2 Å². The molecule has 0 spiro atoms. The van der Waals surface area contributed by atoms with Crippen LogP contribution in [0, 0.1) is 13.8 Å². The largest absolute Gasteiger partial charge is 0.497 e. The first kappa shape index (κ1) is 24.1. The summed E-state index contributed by atoms with van der Waals surface area (Å²) in [6.07, 6.45) is 0.895. The minimum absolute atomic E-state index is 0. The van der Waals surface area contributed by atoms with E-state index in [1.165, 1.54) is 11.3 Å². The number of hydrogen-bond acceptors (Lipinski definition) is 4. The van der Waals surface area contributed by atoms with Crippen molar-refractivity contribution in [2.24, 2.45) is 12.0 Å². The molecule has 0 aliphatic heterocycles. The van der Waals surface area contributed by atoms with Crippen molar-refractivity contribution in [1.29, 1.82) is 0 Å². The van der Waals surface area contributed by atoms with Crippen LogP contribution in [0.15, 0.2) is 29.3 Å². The molecule has 0 bridgehead atoms. The zero-order valence-electron chi connectivity index (χ0n) is 17.6. The molecule has 1 heterocycles. The second kappa shape index (κ2) is 11.8. The van der Waals surface area contributed by atoms with Crippen LogP contribution in [0.25, 0.3) is 0 Å². The Morgan fingerprint density at radius 2 is 2.00 bits per heavy atom. The lowest BCUT2D eigenvalue weighted by Gasteiger charge is -2.18. The fourth-order valence-corrected chi connectivity index (χ4v) is 2.93. The van der Waals surface area contributed by atoms with Gasteiger partial charge < -0.3 is 20.1 Å². The topological polar surface area (TPSA) is 72.7 Å². The van der Waals surface area contributed by atoms with Crippen molar-refractivity contribution < 1.29 is 9.47 Å². The third-order valence-electron chi connectivity index (χ3n) is 4.48. The van der Waals surface area contributed by atoms with Gasteiger partial charge in [0.1, 0.15) is 18.1 Å². The van der Waals surface area contributed by atoms with Gasteiger partial charge in [-0.2, -0.15) is 5.10 Å². The van der Waals surface area contributed by atoms with Crippen LogP contribution < -0.4 is 20.1 Å². The van der Waals surface area contributed by atoms with E-state index in [-0.39, 0.29) is 30.0 Å². The number of aromatic nitrogens is 2. The zero-order valence-corrected chi connectivity index (χ0v) is 19.9. The number of ether oxygens (including phenoxy) is 2. The molecule has 28 heavy (non-hydrogen) atoms. The summed E-state index contributed by atoms with van der Waals surface area (Å²) in [7, 11) is 5.39. The normalized spacial score (nSPS) is 12.1. The molecule has 0 aliphatic rings. The van der Waals surface area contributed by atoms with Crippen molar-refractivity contribution >= 4 is 29.9 Å². The maximum absolute atomic E-state index is 5.74. The van der Waals surface area contributed by atoms with Gasteiger partial charge in [0.25, 0.3) is 0 Å². The van der Waals surface area contributed by atoms with Gasteiger partial charge in [-0.1, -0.05) is 6.07 Å². The van der Waals surface area contributed by atoms with Crippen LogP contribution >= 0.6 is 24.0 Å². The molecule has 0 aliphatic carbocycles. The van der Waals surface area contributed by atoms with Gasteiger partial charge in [-0.05, 0) is 44.9 Å². The summed E-state index contributed by atoms with van der Waals surface area (Å²) in [5.41, 5.74) is 3.57. The van der Waals surface area contributed by atoms with Crippen LogP contribution in [0.5, 0.6) is 11.5 Å². The van der Waals surface area contributed by atoms with E-state index >= 15 is 0 Å². The number of nitrogens with zero attached hydrogens (tertiary/aromatic N) is 3. The number of aryl methyl sites for hydroxylation is 2. The molecule has 0 fully saturated rings. The van der Waals surface area contributed by atoms with Crippen LogP contribution in [0.1, 0.15) is 23.9 Å². The number of aliphatic imine (C=N–C) groups is 1. The maximum Gasteiger partial charge on any atom is 0.191 e. The van der Waals surface area contributed by atoms with Crippen LogP contribution in [0.4, 0.5) is 0 Å². The summed E-state index contributed by atoms with van der Waals surface area (Å²) in [5.74, 6) is 2.33. The lowest BCUT2D eigenvalue weighted by Crippen LogP contribution is -2.44. The molecule has 0 radical (unpaired) electrons. The highest BCUT2D eigenvalue weighted by Gasteiger charge is 2.13. The molecule has 0 amide bonds. The maximum atomic E-state index is 5.74. The first-order valence-electron chi connectivity index (χ1n) is 9.17. The van der Waals surface area contributed by atoms with Gasteiger partial charge in [-0.3, -0.25) is 9.67 Å². The molecule has 1 atom stereocenters. The van der Waals surface area contributed by atoms with E-state index in [0.717, 1.165) is 29.6 Å². The summed E-state index contributed by atoms with van der Waals surface area (Å²) in [6, 6.07) is 7.82. The third-order valence-corrected chi connectivity index (χ3v) is 4.48. The Morgan fingerprint density at radius 3 is 2.61 bits per heavy atom. The van der Waals surface area contributed by atoms with Crippen LogP contribution in [-0.2, 0) is 13.5 Å². The fraction of sp³-hybridized carbons (Fsp3) is 0.500. The monoisotopic (exact) mass is 501 g/mol. The molecule has 8 heteroatoms. The molecule has 2 N–H and O–H groups in total. The van der Waals surface area contributed by atoms with Gasteiger partial charge in [0.15, 0.2) is 5.96 Å². The minimum Gasteiger partial charge on any atom is -0.497 e. The molecule has 2 rings (SSSR count). The Labute approximate surface area is 184 Å². The highest BCUT2D eigenvalue weighted by Crippen LogP contribution is 2.18. The first-order chi connectivity index (χ1) is 12.9. The van der Waals surface area contributed by atoms with Gasteiger partial charge in [0, 0.05) is 31.9 Å². The molecular weight excluding hydrogens is 469 g/mol. The molecule has 0 saturated carbocycles. The van der Waals surface area contributed by atoms with Crippen molar-refractivity contribution in [3.63, 3.8) is 0 Å². The SMILES string of the molecule is CN=C(NCCOc1cccc(OC)c1)NC(C)Cc1c(C)nn(C)c1C.I. The molecule has 0 saturated heterocycles. The van der Waals surface area contributed by atoms with E-state index in [1.807, 2.05) is 36.0 Å². The Hall–Kier alpha value is -1.97. The number of methoxy groups -OCH3 is 1. The van der Waals surface area contributed by atoms with Gasteiger partial charge in [-0.25, -0.2) is 0 Å².